The standard InChI is InChI=1S/C20H20BF3N2O/c1-11-8-13(3)25-19(11)18(15-6-7-16(22)17(10-15)27-5)20-12(2)9-14(4)26(20)21(25,23)24/h6-10H,1-5H3. The van der Waals surface area contributed by atoms with E-state index in [0.29, 0.717) is 33.9 Å². The molecule has 4 rings (SSSR count). The van der Waals surface area contributed by atoms with Crippen molar-refractivity contribution in [2.45, 2.75) is 27.7 Å². The Kier molecular flexibility index (Phi) is 3.70. The summed E-state index contributed by atoms with van der Waals surface area (Å²) in [6.07, 6.45) is 1.77. The molecule has 3 nitrogen and oxygen atoms in total. The SMILES string of the molecule is COc1cc(C2=C3C(C)=CC(C)=[N+]3[B-](F)(F)n3c(C)cc(C)c32)ccc1F. The molecule has 140 valence electrons. The molecule has 0 saturated heterocycles. The quantitative estimate of drug-likeness (QED) is 0.700. The number of halogens is 3. The predicted molar refractivity (Wildman–Crippen MR) is 101 cm³/mol. The number of nitrogens with zero attached hydrogens (tertiary/aromatic N) is 2. The maximum absolute atomic E-state index is 15.5. The normalized spacial score (nSPS) is 17.9. The fraction of sp³-hybridized carbons (Fsp3) is 0.250. The number of methoxy groups -OCH3 is 1. The molecule has 0 spiro atoms. The van der Waals surface area contributed by atoms with E-state index >= 15 is 8.63 Å². The van der Waals surface area contributed by atoms with Gasteiger partial charge in [0.1, 0.15) is 5.71 Å². The molecule has 3 heterocycles. The molecule has 0 radical (unpaired) electrons. The van der Waals surface area contributed by atoms with Crippen LogP contribution in [0.5, 0.6) is 5.75 Å². The van der Waals surface area contributed by atoms with Crippen LogP contribution in [0.1, 0.15) is 36.4 Å². The van der Waals surface area contributed by atoms with Crippen LogP contribution in [0.25, 0.3) is 5.57 Å². The lowest BCUT2D eigenvalue weighted by Gasteiger charge is -2.34. The van der Waals surface area contributed by atoms with Gasteiger partial charge in [-0.25, -0.2) is 4.39 Å². The Morgan fingerprint density at radius 1 is 1.07 bits per heavy atom. The predicted octanol–water partition coefficient (Wildman–Crippen LogP) is 4.68. The first kappa shape index (κ1) is 17.7. The monoisotopic (exact) mass is 372 g/mol. The minimum absolute atomic E-state index is 0.0859. The topological polar surface area (TPSA) is 17.2 Å². The van der Waals surface area contributed by atoms with Crippen LogP contribution >= 0.6 is 0 Å². The Bertz CT molecular complexity index is 1090. The molecule has 0 fully saturated rings. The number of hydrogen-bond donors (Lipinski definition) is 0. The summed E-state index contributed by atoms with van der Waals surface area (Å²) in [6, 6.07) is 6.26. The van der Waals surface area contributed by atoms with E-state index in [0.717, 1.165) is 20.1 Å². The van der Waals surface area contributed by atoms with E-state index < -0.39 is 12.8 Å². The fourth-order valence-electron chi connectivity index (χ4n) is 4.39. The van der Waals surface area contributed by atoms with Gasteiger partial charge < -0.3 is 22.3 Å². The van der Waals surface area contributed by atoms with Crippen molar-refractivity contribution in [2.75, 3.05) is 7.11 Å². The molecule has 2 aliphatic rings. The lowest BCUT2D eigenvalue weighted by Crippen LogP contribution is -2.51. The molecule has 1 aromatic carbocycles. The molecule has 2 aromatic rings. The highest BCUT2D eigenvalue weighted by Gasteiger charge is 2.55. The molecule has 0 unspecified atom stereocenters. The number of benzene rings is 1. The number of ether oxygens (including phenoxy) is 1. The second-order valence-electron chi connectivity index (χ2n) is 7.19. The maximum Gasteiger partial charge on any atom is 0.737 e. The van der Waals surface area contributed by atoms with E-state index in [-0.39, 0.29) is 5.75 Å². The third-order valence-corrected chi connectivity index (χ3v) is 5.37. The fourth-order valence-corrected chi connectivity index (χ4v) is 4.39. The summed E-state index contributed by atoms with van der Waals surface area (Å²) in [7, 11) is 1.39. The zero-order valence-corrected chi connectivity index (χ0v) is 15.9. The van der Waals surface area contributed by atoms with Crippen molar-refractivity contribution in [1.82, 2.24) is 4.48 Å². The third-order valence-electron chi connectivity index (χ3n) is 5.37. The maximum atomic E-state index is 15.5. The minimum atomic E-state index is -4.02. The average molecular weight is 372 g/mol. The Hall–Kier alpha value is -2.70. The van der Waals surface area contributed by atoms with E-state index in [9.17, 15) is 4.39 Å². The number of aryl methyl sites for hydroxylation is 2. The zero-order valence-electron chi connectivity index (χ0n) is 15.9. The molecule has 0 atom stereocenters. The Labute approximate surface area is 156 Å². The summed E-state index contributed by atoms with van der Waals surface area (Å²) in [5.74, 6) is -0.401. The van der Waals surface area contributed by atoms with Crippen LogP contribution in [0.3, 0.4) is 0 Å². The summed E-state index contributed by atoms with van der Waals surface area (Å²) in [5.41, 5.74) is 4.76. The highest BCUT2D eigenvalue weighted by molar-refractivity contribution is 6.58. The van der Waals surface area contributed by atoms with Crippen molar-refractivity contribution >= 4 is 18.3 Å². The summed E-state index contributed by atoms with van der Waals surface area (Å²) >= 11 is 0. The third kappa shape index (κ3) is 2.27. The molecular weight excluding hydrogens is 352 g/mol. The number of allylic oxidation sites excluding steroid dienone is 2. The summed E-state index contributed by atoms with van der Waals surface area (Å²) in [5, 5.41) is 0. The lowest BCUT2D eigenvalue weighted by atomic mass is 9.84. The van der Waals surface area contributed by atoms with Crippen LogP contribution in [0.15, 0.2) is 41.6 Å². The van der Waals surface area contributed by atoms with Crippen LogP contribution in [0, 0.1) is 19.7 Å². The Morgan fingerprint density at radius 2 is 1.78 bits per heavy atom. The Balaban J connectivity index is 2.15. The molecule has 1 aromatic heterocycles. The highest BCUT2D eigenvalue weighted by atomic mass is 19.2. The molecule has 7 heteroatoms. The second-order valence-corrected chi connectivity index (χ2v) is 7.19. The van der Waals surface area contributed by atoms with Gasteiger partial charge in [0.15, 0.2) is 17.3 Å². The minimum Gasteiger partial charge on any atom is -0.494 e. The van der Waals surface area contributed by atoms with Gasteiger partial charge >= 0.3 is 6.97 Å². The van der Waals surface area contributed by atoms with E-state index in [1.165, 1.54) is 13.2 Å². The number of rotatable bonds is 2. The van der Waals surface area contributed by atoms with E-state index in [1.807, 2.05) is 13.8 Å². The van der Waals surface area contributed by atoms with Gasteiger partial charge in [-0.05, 0) is 55.8 Å². The summed E-state index contributed by atoms with van der Waals surface area (Å²) in [4.78, 5) is 0. The van der Waals surface area contributed by atoms with Gasteiger partial charge in [-0.2, -0.15) is 0 Å². The molecule has 27 heavy (non-hydrogen) atoms. The van der Waals surface area contributed by atoms with Crippen molar-refractivity contribution in [1.29, 1.82) is 0 Å². The van der Waals surface area contributed by atoms with Gasteiger partial charge in [0.05, 0.1) is 12.7 Å². The van der Waals surface area contributed by atoms with Gasteiger partial charge in [-0.3, -0.25) is 0 Å². The highest BCUT2D eigenvalue weighted by Crippen LogP contribution is 2.44. The van der Waals surface area contributed by atoms with Gasteiger partial charge in [0.2, 0.25) is 0 Å². The first-order valence-electron chi connectivity index (χ1n) is 8.79. The number of fused-ring (bicyclic) bond motifs is 2. The molecule has 0 aliphatic carbocycles. The smallest absolute Gasteiger partial charge is 0.494 e. The van der Waals surface area contributed by atoms with Crippen LogP contribution in [0.4, 0.5) is 13.0 Å². The first-order valence-corrected chi connectivity index (χ1v) is 8.79. The zero-order chi connectivity index (χ0) is 19.7. The van der Waals surface area contributed by atoms with Crippen molar-refractivity contribution in [3.05, 3.63) is 69.9 Å². The summed E-state index contributed by atoms with van der Waals surface area (Å²) in [6.45, 7) is 3.01. The average Bonchev–Trinajstić information content (AvgIpc) is 3.06. The van der Waals surface area contributed by atoms with E-state index in [1.54, 1.807) is 38.1 Å². The summed E-state index contributed by atoms with van der Waals surface area (Å²) < 4.78 is 52.4. The van der Waals surface area contributed by atoms with Gasteiger partial charge in [-0.1, -0.05) is 6.07 Å². The van der Waals surface area contributed by atoms with Crippen LogP contribution in [0.2, 0.25) is 0 Å². The second kappa shape index (κ2) is 5.65. The van der Waals surface area contributed by atoms with Crippen LogP contribution in [-0.4, -0.2) is 28.8 Å². The van der Waals surface area contributed by atoms with Gasteiger partial charge in [-0.15, -0.1) is 0 Å². The first-order chi connectivity index (χ1) is 12.7. The lowest BCUT2D eigenvalue weighted by molar-refractivity contribution is -0.363. The Morgan fingerprint density at radius 3 is 2.44 bits per heavy atom. The van der Waals surface area contributed by atoms with Crippen molar-refractivity contribution in [3.63, 3.8) is 0 Å². The molecule has 0 amide bonds. The van der Waals surface area contributed by atoms with Gasteiger partial charge in [0.25, 0.3) is 0 Å². The van der Waals surface area contributed by atoms with Crippen molar-refractivity contribution in [2.24, 2.45) is 0 Å². The van der Waals surface area contributed by atoms with E-state index in [2.05, 4.69) is 0 Å². The number of aromatic nitrogens is 1. The molecule has 0 N–H and O–H groups in total. The molecule has 0 saturated carbocycles. The van der Waals surface area contributed by atoms with Crippen LogP contribution in [-0.2, 0) is 0 Å². The van der Waals surface area contributed by atoms with Crippen molar-refractivity contribution in [3.8, 4) is 5.75 Å². The number of hydrogen-bond acceptors (Lipinski definition) is 1. The largest absolute Gasteiger partial charge is 0.737 e. The van der Waals surface area contributed by atoms with E-state index in [4.69, 9.17) is 4.74 Å². The van der Waals surface area contributed by atoms with Crippen LogP contribution < -0.4 is 4.74 Å². The van der Waals surface area contributed by atoms with Crippen molar-refractivity contribution < 1.29 is 22.2 Å². The molecular formula is C20H20BF3N2O. The molecule has 0 bridgehead atoms. The molecule has 2 aliphatic heterocycles. The van der Waals surface area contributed by atoms with Gasteiger partial charge in [0, 0.05) is 24.3 Å².